The first-order valence-electron chi connectivity index (χ1n) is 7.43. The topological polar surface area (TPSA) is 50.2 Å². The lowest BCUT2D eigenvalue weighted by molar-refractivity contribution is 0.256. The number of rotatable bonds is 1. The van der Waals surface area contributed by atoms with Crippen molar-refractivity contribution in [3.8, 4) is 0 Å². The second kappa shape index (κ2) is 6.01. The number of nitrogens with one attached hydrogen (secondary N) is 1. The Labute approximate surface area is 134 Å². The van der Waals surface area contributed by atoms with E-state index in [0.717, 1.165) is 24.9 Å². The lowest BCUT2D eigenvalue weighted by Gasteiger charge is -2.23. The van der Waals surface area contributed by atoms with Crippen LogP contribution in [-0.4, -0.2) is 22.4 Å². The van der Waals surface area contributed by atoms with Crippen LogP contribution in [-0.2, 0) is 13.5 Å². The van der Waals surface area contributed by atoms with E-state index in [1.165, 1.54) is 5.56 Å². The number of halogens is 1. The Balaban J connectivity index is 1.89. The van der Waals surface area contributed by atoms with Crippen molar-refractivity contribution in [1.29, 1.82) is 0 Å². The summed E-state index contributed by atoms with van der Waals surface area (Å²) < 4.78 is 1.60. The summed E-state index contributed by atoms with van der Waals surface area (Å²) in [7, 11) is 1.77. The molecule has 1 aliphatic heterocycles. The number of carbonyl (C=O) groups is 1. The molecule has 116 valence electrons. The Bertz CT molecular complexity index is 710. The number of aromatic nitrogens is 2. The Morgan fingerprint density at radius 1 is 1.32 bits per heavy atom. The van der Waals surface area contributed by atoms with E-state index in [9.17, 15) is 4.79 Å². The van der Waals surface area contributed by atoms with Crippen LogP contribution in [0.3, 0.4) is 0 Å². The van der Waals surface area contributed by atoms with Gasteiger partial charge in [-0.2, -0.15) is 5.10 Å². The zero-order chi connectivity index (χ0) is 15.7. The highest BCUT2D eigenvalue weighted by Crippen LogP contribution is 2.28. The molecule has 5 nitrogen and oxygen atoms in total. The van der Waals surface area contributed by atoms with Crippen LogP contribution < -0.4 is 10.2 Å². The van der Waals surface area contributed by atoms with Gasteiger partial charge in [0.05, 0.1) is 5.69 Å². The van der Waals surface area contributed by atoms with Gasteiger partial charge in [0.1, 0.15) is 5.02 Å². The van der Waals surface area contributed by atoms with Gasteiger partial charge in [0.15, 0.2) is 5.82 Å². The average Bonchev–Trinajstić information content (AvgIpc) is 2.70. The zero-order valence-electron chi connectivity index (χ0n) is 12.8. The highest BCUT2D eigenvalue weighted by atomic mass is 35.5. The maximum Gasteiger partial charge on any atom is 0.327 e. The number of hydrogen-bond donors (Lipinski definition) is 1. The summed E-state index contributed by atoms with van der Waals surface area (Å²) in [6.07, 6.45) is 3.08. The second-order valence-corrected chi connectivity index (χ2v) is 5.92. The minimum atomic E-state index is -0.167. The number of fused-ring (bicyclic) bond motifs is 1. The van der Waals surface area contributed by atoms with Gasteiger partial charge < -0.3 is 0 Å². The minimum Gasteiger partial charge on any atom is -0.294 e. The first-order valence-corrected chi connectivity index (χ1v) is 7.81. The molecule has 0 bridgehead atoms. The van der Waals surface area contributed by atoms with Gasteiger partial charge in [-0.05, 0) is 37.8 Å². The van der Waals surface area contributed by atoms with E-state index in [2.05, 4.69) is 16.5 Å². The minimum absolute atomic E-state index is 0.167. The summed E-state index contributed by atoms with van der Waals surface area (Å²) in [6.45, 7) is 2.52. The van der Waals surface area contributed by atoms with Crippen LogP contribution in [0.5, 0.6) is 0 Å². The van der Waals surface area contributed by atoms with E-state index in [4.69, 9.17) is 11.6 Å². The Kier molecular flexibility index (Phi) is 4.07. The molecule has 1 aliphatic rings. The number of amides is 2. The van der Waals surface area contributed by atoms with Crippen molar-refractivity contribution in [2.45, 2.75) is 26.2 Å². The van der Waals surface area contributed by atoms with Crippen LogP contribution in [0.1, 0.15) is 24.1 Å². The Morgan fingerprint density at radius 2 is 2.09 bits per heavy atom. The fourth-order valence-electron chi connectivity index (χ4n) is 2.84. The third-order valence-corrected chi connectivity index (χ3v) is 4.43. The summed E-state index contributed by atoms with van der Waals surface area (Å²) in [5.74, 6) is 0.533. The zero-order valence-corrected chi connectivity index (χ0v) is 13.5. The van der Waals surface area contributed by atoms with Crippen LogP contribution in [0.25, 0.3) is 0 Å². The highest BCUT2D eigenvalue weighted by molar-refractivity contribution is 6.34. The maximum absolute atomic E-state index is 12.7. The van der Waals surface area contributed by atoms with Crippen molar-refractivity contribution in [3.05, 3.63) is 40.5 Å². The summed E-state index contributed by atoms with van der Waals surface area (Å²) in [6, 6.07) is 7.89. The maximum atomic E-state index is 12.7. The van der Waals surface area contributed by atoms with Crippen molar-refractivity contribution >= 4 is 29.1 Å². The van der Waals surface area contributed by atoms with Crippen LogP contribution in [0.15, 0.2) is 24.3 Å². The predicted octanol–water partition coefficient (Wildman–Crippen LogP) is 3.76. The summed E-state index contributed by atoms with van der Waals surface area (Å²) in [5, 5.41) is 7.60. The van der Waals surface area contributed by atoms with Gasteiger partial charge in [-0.3, -0.25) is 14.9 Å². The summed E-state index contributed by atoms with van der Waals surface area (Å²) in [5.41, 5.74) is 2.89. The molecule has 0 atom stereocenters. The van der Waals surface area contributed by atoms with Crippen LogP contribution in [0.2, 0.25) is 5.02 Å². The predicted molar refractivity (Wildman–Crippen MR) is 88.7 cm³/mol. The van der Waals surface area contributed by atoms with Crippen LogP contribution in [0.4, 0.5) is 16.3 Å². The third-order valence-electron chi connectivity index (χ3n) is 3.98. The molecule has 0 unspecified atom stereocenters. The largest absolute Gasteiger partial charge is 0.327 e. The van der Waals surface area contributed by atoms with Crippen molar-refractivity contribution in [1.82, 2.24) is 9.78 Å². The Morgan fingerprint density at radius 3 is 2.82 bits per heavy atom. The molecular weight excluding hydrogens is 300 g/mol. The number of para-hydroxylation sites is 1. The monoisotopic (exact) mass is 318 g/mol. The molecule has 2 amide bonds. The van der Waals surface area contributed by atoms with E-state index in [1.807, 2.05) is 25.1 Å². The molecule has 1 aromatic heterocycles. The average molecular weight is 319 g/mol. The lowest BCUT2D eigenvalue weighted by Crippen LogP contribution is -2.36. The fraction of sp³-hybridized carbons (Fsp3) is 0.375. The molecular formula is C16H19ClN4O. The third kappa shape index (κ3) is 2.68. The van der Waals surface area contributed by atoms with Crippen LogP contribution in [0, 0.1) is 6.92 Å². The van der Waals surface area contributed by atoms with Gasteiger partial charge in [0.2, 0.25) is 0 Å². The number of anilines is 2. The molecule has 0 radical (unpaired) electrons. The molecule has 0 aliphatic carbocycles. The molecule has 0 saturated carbocycles. The van der Waals surface area contributed by atoms with Crippen LogP contribution >= 0.6 is 11.6 Å². The molecule has 2 aromatic rings. The standard InChI is InChI=1S/C16H19ClN4O/c1-11-14(17)15(20(2)19-11)18-16(22)21-10-6-5-8-12-7-3-4-9-13(12)21/h3-4,7,9H,5-6,8,10H2,1-2H3,(H,18,22). The van der Waals surface area contributed by atoms with E-state index in [0.29, 0.717) is 23.1 Å². The quantitative estimate of drug-likeness (QED) is 0.870. The van der Waals surface area contributed by atoms with E-state index < -0.39 is 0 Å². The lowest BCUT2D eigenvalue weighted by atomic mass is 10.1. The molecule has 2 heterocycles. The van der Waals surface area contributed by atoms with Gasteiger partial charge in [0.25, 0.3) is 0 Å². The van der Waals surface area contributed by atoms with Crippen molar-refractivity contribution < 1.29 is 4.79 Å². The molecule has 0 spiro atoms. The number of hydrogen-bond acceptors (Lipinski definition) is 2. The smallest absolute Gasteiger partial charge is 0.294 e. The van der Waals surface area contributed by atoms with Gasteiger partial charge in [0, 0.05) is 19.3 Å². The number of nitrogens with zero attached hydrogens (tertiary/aromatic N) is 3. The number of urea groups is 1. The summed E-state index contributed by atoms with van der Waals surface area (Å²) in [4.78, 5) is 14.5. The first-order chi connectivity index (χ1) is 10.6. The molecule has 3 rings (SSSR count). The van der Waals surface area contributed by atoms with E-state index in [1.54, 1.807) is 16.6 Å². The second-order valence-electron chi connectivity index (χ2n) is 5.54. The van der Waals surface area contributed by atoms with E-state index >= 15 is 0 Å². The van der Waals surface area contributed by atoms with Gasteiger partial charge >= 0.3 is 6.03 Å². The number of carbonyl (C=O) groups excluding carboxylic acids is 1. The summed E-state index contributed by atoms with van der Waals surface area (Å²) >= 11 is 6.21. The van der Waals surface area contributed by atoms with Crippen molar-refractivity contribution in [2.75, 3.05) is 16.8 Å². The highest BCUT2D eigenvalue weighted by Gasteiger charge is 2.23. The van der Waals surface area contributed by atoms with Crippen molar-refractivity contribution in [2.24, 2.45) is 7.05 Å². The van der Waals surface area contributed by atoms with Gasteiger partial charge in [-0.15, -0.1) is 0 Å². The molecule has 22 heavy (non-hydrogen) atoms. The fourth-order valence-corrected chi connectivity index (χ4v) is 3.05. The molecule has 1 N–H and O–H groups in total. The normalized spacial score (nSPS) is 14.4. The Hall–Kier alpha value is -2.01. The molecule has 6 heteroatoms. The SMILES string of the molecule is Cc1nn(C)c(NC(=O)N2CCCCc3ccccc32)c1Cl. The van der Waals surface area contributed by atoms with E-state index in [-0.39, 0.29) is 6.03 Å². The van der Waals surface area contributed by atoms with Crippen molar-refractivity contribution in [3.63, 3.8) is 0 Å². The molecule has 1 aromatic carbocycles. The number of aryl methyl sites for hydroxylation is 3. The first kappa shape index (κ1) is 14.9. The molecule has 0 saturated heterocycles. The number of benzene rings is 1. The molecule has 0 fully saturated rings. The van der Waals surface area contributed by atoms with Gasteiger partial charge in [-0.25, -0.2) is 4.79 Å². The van der Waals surface area contributed by atoms with Gasteiger partial charge in [-0.1, -0.05) is 29.8 Å².